The second-order valence-electron chi connectivity index (χ2n) is 5.65. The van der Waals surface area contributed by atoms with Crippen LogP contribution in [0.5, 0.6) is 5.88 Å². The average molecular weight is 294 g/mol. The summed E-state index contributed by atoms with van der Waals surface area (Å²) in [6.45, 7) is 1.08. The highest BCUT2D eigenvalue weighted by Gasteiger charge is 2.35. The third-order valence-electron chi connectivity index (χ3n) is 4.06. The van der Waals surface area contributed by atoms with E-state index in [2.05, 4.69) is 10.3 Å². The van der Waals surface area contributed by atoms with Crippen molar-refractivity contribution in [1.82, 2.24) is 10.3 Å². The molecule has 0 aromatic carbocycles. The number of aliphatic hydroxyl groups is 1. The van der Waals surface area contributed by atoms with Gasteiger partial charge in [0.2, 0.25) is 5.88 Å². The van der Waals surface area contributed by atoms with Crippen molar-refractivity contribution in [3.05, 3.63) is 23.9 Å². The Morgan fingerprint density at radius 2 is 2.24 bits per heavy atom. The Kier molecular flexibility index (Phi) is 5.14. The number of aromatic nitrogens is 1. The Balaban J connectivity index is 1.79. The summed E-state index contributed by atoms with van der Waals surface area (Å²) in [5.41, 5.74) is 0.230. The number of hydrogen-bond donors (Lipinski definition) is 3. The number of rotatable bonds is 6. The van der Waals surface area contributed by atoms with Gasteiger partial charge in [-0.15, -0.1) is 0 Å². The number of ether oxygens (including phenoxy) is 1. The molecule has 1 aliphatic rings. The summed E-state index contributed by atoms with van der Waals surface area (Å²) in [6, 6.07) is 3.74. The fraction of sp³-hybridized carbons (Fsp3) is 0.600. The Morgan fingerprint density at radius 3 is 2.86 bits per heavy atom. The molecule has 6 nitrogen and oxygen atoms in total. The van der Waals surface area contributed by atoms with Crippen molar-refractivity contribution in [3.63, 3.8) is 0 Å². The van der Waals surface area contributed by atoms with Crippen molar-refractivity contribution in [2.24, 2.45) is 5.92 Å². The minimum atomic E-state index is -0.803. The highest BCUT2D eigenvalue weighted by Crippen LogP contribution is 2.31. The van der Waals surface area contributed by atoms with Gasteiger partial charge < -0.3 is 20.3 Å². The Hall–Kier alpha value is -1.66. The number of nitrogens with one attached hydrogen (secondary N) is 1. The van der Waals surface area contributed by atoms with E-state index in [9.17, 15) is 9.90 Å². The Labute approximate surface area is 124 Å². The third-order valence-corrected chi connectivity index (χ3v) is 4.06. The lowest BCUT2D eigenvalue weighted by molar-refractivity contribution is -0.144. The summed E-state index contributed by atoms with van der Waals surface area (Å²) >= 11 is 0. The van der Waals surface area contributed by atoms with Crippen LogP contribution in [0.4, 0.5) is 0 Å². The van der Waals surface area contributed by atoms with Gasteiger partial charge in [0.05, 0.1) is 18.6 Å². The standard InChI is InChI=1S/C15H22N2O4/c1-21-13-8-11(4-7-17-13)9-16-10-15(20)5-2-12(3-6-15)14(18)19/h4,7-8,12,16,20H,2-3,5-6,9-10H2,1H3,(H,18,19). The van der Waals surface area contributed by atoms with E-state index >= 15 is 0 Å². The van der Waals surface area contributed by atoms with Crippen LogP contribution in [0, 0.1) is 5.92 Å². The highest BCUT2D eigenvalue weighted by atomic mass is 16.5. The van der Waals surface area contributed by atoms with E-state index < -0.39 is 11.6 Å². The van der Waals surface area contributed by atoms with Crippen LogP contribution in [-0.4, -0.2) is 40.4 Å². The normalized spacial score (nSPS) is 25.5. The van der Waals surface area contributed by atoms with Crippen LogP contribution >= 0.6 is 0 Å². The van der Waals surface area contributed by atoms with Gasteiger partial charge in [0.25, 0.3) is 0 Å². The van der Waals surface area contributed by atoms with Crippen LogP contribution in [0.15, 0.2) is 18.3 Å². The fourth-order valence-corrected chi connectivity index (χ4v) is 2.69. The molecule has 1 aromatic heterocycles. The molecule has 2 rings (SSSR count). The number of carbonyl (C=O) groups is 1. The summed E-state index contributed by atoms with van der Waals surface area (Å²) in [7, 11) is 1.57. The maximum Gasteiger partial charge on any atom is 0.306 e. The van der Waals surface area contributed by atoms with Crippen LogP contribution in [-0.2, 0) is 11.3 Å². The van der Waals surface area contributed by atoms with E-state index in [-0.39, 0.29) is 5.92 Å². The lowest BCUT2D eigenvalue weighted by atomic mass is 9.79. The van der Waals surface area contributed by atoms with Crippen LogP contribution in [0.2, 0.25) is 0 Å². The van der Waals surface area contributed by atoms with Gasteiger partial charge in [-0.05, 0) is 37.3 Å². The van der Waals surface area contributed by atoms with Crippen molar-refractivity contribution < 1.29 is 19.7 Å². The summed E-state index contributed by atoms with van der Waals surface area (Å²) < 4.78 is 5.06. The lowest BCUT2D eigenvalue weighted by Gasteiger charge is -2.34. The maximum atomic E-state index is 10.9. The molecule has 0 spiro atoms. The smallest absolute Gasteiger partial charge is 0.306 e. The Morgan fingerprint density at radius 1 is 1.52 bits per heavy atom. The van der Waals surface area contributed by atoms with E-state index in [1.807, 2.05) is 12.1 Å². The number of methoxy groups -OCH3 is 1. The number of aliphatic carboxylic acids is 1. The zero-order valence-corrected chi connectivity index (χ0v) is 12.2. The van der Waals surface area contributed by atoms with Crippen molar-refractivity contribution in [2.45, 2.75) is 37.8 Å². The molecule has 3 N–H and O–H groups in total. The molecule has 1 aliphatic carbocycles. The Bertz CT molecular complexity index is 484. The van der Waals surface area contributed by atoms with E-state index in [0.717, 1.165) is 5.56 Å². The van der Waals surface area contributed by atoms with Gasteiger partial charge in [-0.3, -0.25) is 4.79 Å². The number of pyridine rings is 1. The molecule has 0 bridgehead atoms. The highest BCUT2D eigenvalue weighted by molar-refractivity contribution is 5.70. The summed E-state index contributed by atoms with van der Waals surface area (Å²) in [5.74, 6) is -0.501. The molecule has 6 heteroatoms. The molecule has 0 aliphatic heterocycles. The van der Waals surface area contributed by atoms with Crippen molar-refractivity contribution >= 4 is 5.97 Å². The molecule has 0 radical (unpaired) electrons. The van der Waals surface area contributed by atoms with Gasteiger partial charge in [0.15, 0.2) is 0 Å². The topological polar surface area (TPSA) is 91.7 Å². The second-order valence-corrected chi connectivity index (χ2v) is 5.65. The molecule has 1 fully saturated rings. The molecule has 1 heterocycles. The molecule has 0 atom stereocenters. The number of nitrogens with zero attached hydrogens (tertiary/aromatic N) is 1. The van der Waals surface area contributed by atoms with Gasteiger partial charge in [-0.25, -0.2) is 4.98 Å². The molecular formula is C15H22N2O4. The minimum Gasteiger partial charge on any atom is -0.481 e. The van der Waals surface area contributed by atoms with Crippen LogP contribution in [0.3, 0.4) is 0 Å². The van der Waals surface area contributed by atoms with Crippen LogP contribution < -0.4 is 10.1 Å². The maximum absolute atomic E-state index is 10.9. The van der Waals surface area contributed by atoms with Crippen LogP contribution in [0.1, 0.15) is 31.2 Å². The van der Waals surface area contributed by atoms with Gasteiger partial charge in [-0.1, -0.05) is 0 Å². The lowest BCUT2D eigenvalue weighted by Crippen LogP contribution is -2.44. The van der Waals surface area contributed by atoms with Gasteiger partial charge >= 0.3 is 5.97 Å². The summed E-state index contributed by atoms with van der Waals surface area (Å²) in [5, 5.41) is 22.7. The largest absolute Gasteiger partial charge is 0.481 e. The second kappa shape index (κ2) is 6.87. The molecule has 0 unspecified atom stereocenters. The van der Waals surface area contributed by atoms with Crippen molar-refractivity contribution in [3.8, 4) is 5.88 Å². The quantitative estimate of drug-likeness (QED) is 0.730. The zero-order valence-electron chi connectivity index (χ0n) is 12.2. The summed E-state index contributed by atoms with van der Waals surface area (Å²) in [6.07, 6.45) is 3.81. The van der Waals surface area contributed by atoms with Gasteiger partial charge in [0, 0.05) is 25.4 Å². The predicted octanol–water partition coefficient (Wildman–Crippen LogP) is 1.19. The first-order chi connectivity index (χ1) is 10.0. The van der Waals surface area contributed by atoms with Crippen molar-refractivity contribution in [2.75, 3.05) is 13.7 Å². The molecule has 21 heavy (non-hydrogen) atoms. The van der Waals surface area contributed by atoms with Crippen LogP contribution in [0.25, 0.3) is 0 Å². The third kappa shape index (κ3) is 4.41. The number of carboxylic acids is 1. The molecule has 0 saturated heterocycles. The molecule has 116 valence electrons. The molecule has 1 aromatic rings. The predicted molar refractivity (Wildman–Crippen MR) is 77.0 cm³/mol. The van der Waals surface area contributed by atoms with E-state index in [0.29, 0.717) is 44.7 Å². The first-order valence-corrected chi connectivity index (χ1v) is 7.17. The van der Waals surface area contributed by atoms with E-state index in [4.69, 9.17) is 9.84 Å². The molecule has 1 saturated carbocycles. The molecule has 0 amide bonds. The van der Waals surface area contributed by atoms with E-state index in [1.54, 1.807) is 13.3 Å². The zero-order chi connectivity index (χ0) is 15.3. The van der Waals surface area contributed by atoms with Crippen molar-refractivity contribution in [1.29, 1.82) is 0 Å². The average Bonchev–Trinajstić information content (AvgIpc) is 2.48. The minimum absolute atomic E-state index is 0.310. The fourth-order valence-electron chi connectivity index (χ4n) is 2.69. The molecular weight excluding hydrogens is 272 g/mol. The first kappa shape index (κ1) is 15.7. The van der Waals surface area contributed by atoms with Gasteiger partial charge in [0.1, 0.15) is 0 Å². The van der Waals surface area contributed by atoms with E-state index in [1.165, 1.54) is 0 Å². The van der Waals surface area contributed by atoms with Gasteiger partial charge in [-0.2, -0.15) is 0 Å². The monoisotopic (exact) mass is 294 g/mol. The summed E-state index contributed by atoms with van der Waals surface area (Å²) in [4.78, 5) is 14.9. The number of hydrogen-bond acceptors (Lipinski definition) is 5. The first-order valence-electron chi connectivity index (χ1n) is 7.17. The number of carboxylic acid groups (broad SMARTS) is 1. The SMILES string of the molecule is COc1cc(CNCC2(O)CCC(C(=O)O)CC2)ccn1.